The average Bonchev–Trinajstić information content (AvgIpc) is 3.08. The number of piperazine rings is 1. The second-order valence-corrected chi connectivity index (χ2v) is 8.08. The zero-order chi connectivity index (χ0) is 15.7. The molecule has 1 saturated heterocycles. The van der Waals surface area contributed by atoms with Gasteiger partial charge in [0.1, 0.15) is 5.82 Å². The molecule has 1 N–H and O–H groups in total. The second-order valence-electron chi connectivity index (χ2n) is 6.97. The number of nitrogens with zero attached hydrogens (tertiary/aromatic N) is 4. The van der Waals surface area contributed by atoms with E-state index in [1.165, 1.54) is 9.88 Å². The molecule has 2 aromatic heterocycles. The maximum atomic E-state index is 4.61. The Morgan fingerprint density at radius 1 is 1.35 bits per heavy atom. The van der Waals surface area contributed by atoms with E-state index in [0.29, 0.717) is 6.04 Å². The molecule has 23 heavy (non-hydrogen) atoms. The largest absolute Gasteiger partial charge is 0.337 e. The number of hydrogen-bond donors (Lipinski definition) is 1. The molecule has 0 bridgehead atoms. The molecule has 1 aliphatic rings. The highest BCUT2D eigenvalue weighted by atomic mass is 35.5. The molecule has 1 aliphatic heterocycles. The van der Waals surface area contributed by atoms with Gasteiger partial charge in [0.05, 0.1) is 11.0 Å². The van der Waals surface area contributed by atoms with Gasteiger partial charge in [-0.05, 0) is 0 Å². The smallest absolute Gasteiger partial charge is 0.127 e. The number of hydrogen-bond acceptors (Lipinski definition) is 5. The van der Waals surface area contributed by atoms with Gasteiger partial charge in [0.25, 0.3) is 0 Å². The number of imidazole rings is 1. The van der Waals surface area contributed by atoms with Crippen molar-refractivity contribution < 1.29 is 0 Å². The predicted molar refractivity (Wildman–Crippen MR) is 97.3 cm³/mol. The average molecular weight is 356 g/mol. The molecule has 2 aromatic rings. The molecule has 3 heterocycles. The topological polar surface area (TPSA) is 46.0 Å². The van der Waals surface area contributed by atoms with Crippen LogP contribution in [0.3, 0.4) is 0 Å². The summed E-state index contributed by atoms with van der Waals surface area (Å²) in [5.41, 5.74) is 0.130. The third kappa shape index (κ3) is 4.12. The van der Waals surface area contributed by atoms with Gasteiger partial charge in [-0.3, -0.25) is 4.90 Å². The number of halogens is 1. The Morgan fingerprint density at radius 3 is 2.74 bits per heavy atom. The van der Waals surface area contributed by atoms with Gasteiger partial charge in [-0.25, -0.2) is 9.97 Å². The van der Waals surface area contributed by atoms with Gasteiger partial charge < -0.3 is 9.88 Å². The van der Waals surface area contributed by atoms with Crippen molar-refractivity contribution in [3.63, 3.8) is 0 Å². The zero-order valence-electron chi connectivity index (χ0n) is 14.2. The molecular formula is C16H26ClN5S. The Balaban J connectivity index is 0.00000192. The highest BCUT2D eigenvalue weighted by Gasteiger charge is 2.27. The number of rotatable bonds is 3. The Labute approximate surface area is 148 Å². The van der Waals surface area contributed by atoms with Crippen molar-refractivity contribution >= 4 is 23.7 Å². The van der Waals surface area contributed by atoms with Gasteiger partial charge in [-0.15, -0.1) is 23.7 Å². The van der Waals surface area contributed by atoms with Crippen LogP contribution in [0.15, 0.2) is 18.6 Å². The van der Waals surface area contributed by atoms with Gasteiger partial charge in [0, 0.05) is 62.1 Å². The van der Waals surface area contributed by atoms with E-state index in [1.54, 1.807) is 0 Å². The monoisotopic (exact) mass is 355 g/mol. The zero-order valence-corrected chi connectivity index (χ0v) is 15.9. The van der Waals surface area contributed by atoms with Crippen molar-refractivity contribution in [2.24, 2.45) is 7.05 Å². The highest BCUT2D eigenvalue weighted by Crippen LogP contribution is 2.29. The van der Waals surface area contributed by atoms with E-state index in [2.05, 4.69) is 52.6 Å². The molecule has 1 atom stereocenters. The lowest BCUT2D eigenvalue weighted by atomic mass is 9.98. The van der Waals surface area contributed by atoms with Crippen molar-refractivity contribution in [1.29, 1.82) is 0 Å². The first kappa shape index (κ1) is 18.4. The standard InChI is InChI=1S/C16H25N5S.ClH/c1-16(2,3)15-19-9-12(22-15)11-21-8-5-17-10-13(21)14-18-6-7-20(14)4;/h6-7,9,13,17H,5,8,10-11H2,1-4H3;1H. The highest BCUT2D eigenvalue weighted by molar-refractivity contribution is 7.11. The Hall–Kier alpha value is -0.950. The summed E-state index contributed by atoms with van der Waals surface area (Å²) in [6.07, 6.45) is 5.95. The van der Waals surface area contributed by atoms with Crippen molar-refractivity contribution in [1.82, 2.24) is 24.8 Å². The van der Waals surface area contributed by atoms with Gasteiger partial charge >= 0.3 is 0 Å². The van der Waals surface area contributed by atoms with Crippen LogP contribution in [0, 0.1) is 0 Å². The Kier molecular flexibility index (Phi) is 5.84. The molecule has 7 heteroatoms. The van der Waals surface area contributed by atoms with E-state index in [-0.39, 0.29) is 17.8 Å². The third-order valence-electron chi connectivity index (χ3n) is 4.06. The van der Waals surface area contributed by atoms with Crippen LogP contribution < -0.4 is 5.32 Å². The van der Waals surface area contributed by atoms with E-state index in [1.807, 2.05) is 29.9 Å². The lowest BCUT2D eigenvalue weighted by Crippen LogP contribution is -2.46. The third-order valence-corrected chi connectivity index (χ3v) is 5.47. The summed E-state index contributed by atoms with van der Waals surface area (Å²) in [4.78, 5) is 13.0. The first-order valence-corrected chi connectivity index (χ1v) is 8.64. The van der Waals surface area contributed by atoms with E-state index in [4.69, 9.17) is 0 Å². The molecule has 1 fully saturated rings. The van der Waals surface area contributed by atoms with Crippen LogP contribution in [0.25, 0.3) is 0 Å². The summed E-state index contributed by atoms with van der Waals surface area (Å²) >= 11 is 1.84. The molecule has 0 spiro atoms. The SMILES string of the molecule is Cl.Cn1ccnc1C1CNCCN1Cc1cnc(C(C)(C)C)s1. The number of aromatic nitrogens is 3. The fourth-order valence-electron chi connectivity index (χ4n) is 2.82. The maximum absolute atomic E-state index is 4.61. The predicted octanol–water partition coefficient (Wildman–Crippen LogP) is 2.74. The van der Waals surface area contributed by atoms with Crippen molar-refractivity contribution in [2.45, 2.75) is 38.8 Å². The van der Waals surface area contributed by atoms with Crippen LogP contribution >= 0.6 is 23.7 Å². The van der Waals surface area contributed by atoms with Gasteiger partial charge in [0.15, 0.2) is 0 Å². The lowest BCUT2D eigenvalue weighted by Gasteiger charge is -2.35. The molecule has 1 unspecified atom stereocenters. The molecule has 3 rings (SSSR count). The van der Waals surface area contributed by atoms with Crippen LogP contribution in [0.4, 0.5) is 0 Å². The quantitative estimate of drug-likeness (QED) is 0.919. The minimum atomic E-state index is 0. The summed E-state index contributed by atoms with van der Waals surface area (Å²) in [5.74, 6) is 1.13. The summed E-state index contributed by atoms with van der Waals surface area (Å²) in [6.45, 7) is 10.6. The summed E-state index contributed by atoms with van der Waals surface area (Å²) < 4.78 is 2.12. The van der Waals surface area contributed by atoms with Crippen molar-refractivity contribution in [3.05, 3.63) is 34.3 Å². The van der Waals surface area contributed by atoms with Gasteiger partial charge in [-0.1, -0.05) is 20.8 Å². The minimum Gasteiger partial charge on any atom is -0.337 e. The summed E-state index contributed by atoms with van der Waals surface area (Å²) in [7, 11) is 2.07. The molecule has 0 aromatic carbocycles. The Bertz CT molecular complexity index is 630. The summed E-state index contributed by atoms with van der Waals surface area (Å²) in [6, 6.07) is 0.328. The molecule has 0 aliphatic carbocycles. The van der Waals surface area contributed by atoms with Crippen LogP contribution in [0.2, 0.25) is 0 Å². The molecule has 0 saturated carbocycles. The fourth-order valence-corrected chi connectivity index (χ4v) is 3.81. The molecule has 5 nitrogen and oxygen atoms in total. The Morgan fingerprint density at radius 2 is 2.13 bits per heavy atom. The van der Waals surface area contributed by atoms with Crippen LogP contribution in [0.1, 0.15) is 42.5 Å². The maximum Gasteiger partial charge on any atom is 0.127 e. The number of nitrogens with one attached hydrogen (secondary N) is 1. The second kappa shape index (κ2) is 7.30. The normalized spacial score (nSPS) is 19.6. The van der Waals surface area contributed by atoms with Crippen LogP contribution in [-0.2, 0) is 19.0 Å². The van der Waals surface area contributed by atoms with Crippen LogP contribution in [-0.4, -0.2) is 39.1 Å². The van der Waals surface area contributed by atoms with E-state index >= 15 is 0 Å². The van der Waals surface area contributed by atoms with E-state index < -0.39 is 0 Å². The fraction of sp³-hybridized carbons (Fsp3) is 0.625. The minimum absolute atomic E-state index is 0. The van der Waals surface area contributed by atoms with Crippen molar-refractivity contribution in [2.75, 3.05) is 19.6 Å². The van der Waals surface area contributed by atoms with Gasteiger partial charge in [-0.2, -0.15) is 0 Å². The number of aryl methyl sites for hydroxylation is 1. The van der Waals surface area contributed by atoms with Gasteiger partial charge in [0.2, 0.25) is 0 Å². The first-order valence-electron chi connectivity index (χ1n) is 7.82. The van der Waals surface area contributed by atoms with E-state index in [0.717, 1.165) is 32.0 Å². The molecule has 0 radical (unpaired) electrons. The summed E-state index contributed by atoms with van der Waals surface area (Å²) in [5, 5.41) is 4.70. The molecule has 128 valence electrons. The number of thiazole rings is 1. The van der Waals surface area contributed by atoms with Crippen molar-refractivity contribution in [3.8, 4) is 0 Å². The molecular weight excluding hydrogens is 330 g/mol. The van der Waals surface area contributed by atoms with E-state index in [9.17, 15) is 0 Å². The molecule has 0 amide bonds. The lowest BCUT2D eigenvalue weighted by molar-refractivity contribution is 0.146. The first-order chi connectivity index (χ1) is 10.4. The van der Waals surface area contributed by atoms with Crippen LogP contribution in [0.5, 0.6) is 0 Å².